The van der Waals surface area contributed by atoms with Crippen molar-refractivity contribution in [2.24, 2.45) is 0 Å². The van der Waals surface area contributed by atoms with Gasteiger partial charge in [-0.1, -0.05) is 29.8 Å². The van der Waals surface area contributed by atoms with Gasteiger partial charge >= 0.3 is 0 Å². The number of carbonyl (C=O) groups is 1. The molecule has 6 nitrogen and oxygen atoms in total. The third-order valence-electron chi connectivity index (χ3n) is 6.79. The number of amides is 1. The molecular formula is C26H29N3O3S. The summed E-state index contributed by atoms with van der Waals surface area (Å²) in [4.78, 5) is 20.8. The van der Waals surface area contributed by atoms with E-state index in [0.29, 0.717) is 25.9 Å². The van der Waals surface area contributed by atoms with Crippen LogP contribution in [0.4, 0.5) is 0 Å². The van der Waals surface area contributed by atoms with Gasteiger partial charge in [-0.3, -0.25) is 9.78 Å². The number of aryl methyl sites for hydroxylation is 2. The first-order chi connectivity index (χ1) is 15.9. The summed E-state index contributed by atoms with van der Waals surface area (Å²) in [6.45, 7) is 3.11. The minimum Gasteiger partial charge on any atom is -0.339 e. The first kappa shape index (κ1) is 22.0. The fourth-order valence-electron chi connectivity index (χ4n) is 5.03. The van der Waals surface area contributed by atoms with Crippen molar-refractivity contribution < 1.29 is 13.2 Å². The molecule has 33 heavy (non-hydrogen) atoms. The van der Waals surface area contributed by atoms with Gasteiger partial charge in [0.05, 0.1) is 16.0 Å². The number of benzene rings is 2. The SMILES string of the molecule is Cc1ccc2nc3c(c(C(=O)N4CCC(NS(=O)(=O)c5ccccc5)CC4)c2c1)CCCC3. The topological polar surface area (TPSA) is 79.4 Å². The summed E-state index contributed by atoms with van der Waals surface area (Å²) in [6.07, 6.45) is 5.20. The van der Waals surface area contributed by atoms with Gasteiger partial charge in [-0.25, -0.2) is 13.1 Å². The summed E-state index contributed by atoms with van der Waals surface area (Å²) in [6, 6.07) is 14.4. The van der Waals surface area contributed by atoms with E-state index in [1.807, 2.05) is 24.0 Å². The zero-order chi connectivity index (χ0) is 23.0. The highest BCUT2D eigenvalue weighted by molar-refractivity contribution is 7.89. The smallest absolute Gasteiger partial charge is 0.254 e. The van der Waals surface area contributed by atoms with Crippen LogP contribution in [0, 0.1) is 6.92 Å². The lowest BCUT2D eigenvalue weighted by Gasteiger charge is -2.33. The number of nitrogens with zero attached hydrogens (tertiary/aromatic N) is 2. The number of piperidine rings is 1. The van der Waals surface area contributed by atoms with Crippen molar-refractivity contribution >= 4 is 26.8 Å². The molecule has 2 heterocycles. The van der Waals surface area contributed by atoms with Gasteiger partial charge in [0.1, 0.15) is 0 Å². The molecule has 0 saturated carbocycles. The van der Waals surface area contributed by atoms with E-state index in [-0.39, 0.29) is 16.8 Å². The Balaban J connectivity index is 1.37. The maximum absolute atomic E-state index is 13.8. The van der Waals surface area contributed by atoms with Crippen LogP contribution in [0.25, 0.3) is 10.9 Å². The van der Waals surface area contributed by atoms with E-state index in [2.05, 4.69) is 10.8 Å². The van der Waals surface area contributed by atoms with E-state index in [4.69, 9.17) is 4.98 Å². The Hall–Kier alpha value is -2.77. The number of sulfonamides is 1. The van der Waals surface area contributed by atoms with Gasteiger partial charge in [-0.15, -0.1) is 0 Å². The van der Waals surface area contributed by atoms with Gasteiger partial charge in [-0.2, -0.15) is 0 Å². The average Bonchev–Trinajstić information content (AvgIpc) is 2.83. The molecule has 2 aromatic carbocycles. The van der Waals surface area contributed by atoms with Crippen LogP contribution in [0.5, 0.6) is 0 Å². The molecule has 1 aliphatic carbocycles. The molecule has 172 valence electrons. The van der Waals surface area contributed by atoms with E-state index in [1.165, 1.54) is 0 Å². The number of likely N-dealkylation sites (tertiary alicyclic amines) is 1. The summed E-state index contributed by atoms with van der Waals surface area (Å²) in [5.74, 6) is 0.0514. The summed E-state index contributed by atoms with van der Waals surface area (Å²) < 4.78 is 28.2. The molecular weight excluding hydrogens is 434 g/mol. The molecule has 0 unspecified atom stereocenters. The van der Waals surface area contributed by atoms with E-state index >= 15 is 0 Å². The van der Waals surface area contributed by atoms with Crippen molar-refractivity contribution in [1.29, 1.82) is 0 Å². The lowest BCUT2D eigenvalue weighted by Crippen LogP contribution is -2.46. The summed E-state index contributed by atoms with van der Waals surface area (Å²) >= 11 is 0. The first-order valence-corrected chi connectivity index (χ1v) is 13.2. The predicted molar refractivity (Wildman–Crippen MR) is 129 cm³/mol. The van der Waals surface area contributed by atoms with Crippen LogP contribution in [-0.4, -0.2) is 43.3 Å². The highest BCUT2D eigenvalue weighted by atomic mass is 32.2. The number of carbonyl (C=O) groups excluding carboxylic acids is 1. The Labute approximate surface area is 195 Å². The molecule has 1 fully saturated rings. The van der Waals surface area contributed by atoms with Gasteiger partial charge in [0, 0.05) is 30.2 Å². The maximum atomic E-state index is 13.8. The van der Waals surface area contributed by atoms with Crippen molar-refractivity contribution in [3.8, 4) is 0 Å². The first-order valence-electron chi connectivity index (χ1n) is 11.7. The molecule has 3 aromatic rings. The quantitative estimate of drug-likeness (QED) is 0.634. The van der Waals surface area contributed by atoms with Crippen molar-refractivity contribution in [1.82, 2.24) is 14.6 Å². The number of nitrogens with one attached hydrogen (secondary N) is 1. The monoisotopic (exact) mass is 463 g/mol. The fraction of sp³-hybridized carbons (Fsp3) is 0.385. The van der Waals surface area contributed by atoms with Gasteiger partial charge in [0.15, 0.2) is 0 Å². The summed E-state index contributed by atoms with van der Waals surface area (Å²) in [5, 5.41) is 0.938. The number of fused-ring (bicyclic) bond motifs is 2. The summed E-state index contributed by atoms with van der Waals surface area (Å²) in [7, 11) is -3.56. The van der Waals surface area contributed by atoms with Gasteiger partial charge < -0.3 is 4.90 Å². The molecule has 0 spiro atoms. The second kappa shape index (κ2) is 8.88. The van der Waals surface area contributed by atoms with Crippen LogP contribution < -0.4 is 4.72 Å². The molecule has 0 atom stereocenters. The largest absolute Gasteiger partial charge is 0.339 e. The van der Waals surface area contributed by atoms with E-state index in [0.717, 1.165) is 59.0 Å². The number of hydrogen-bond donors (Lipinski definition) is 1. The van der Waals surface area contributed by atoms with Crippen LogP contribution in [0.3, 0.4) is 0 Å². The third kappa shape index (κ3) is 4.39. The third-order valence-corrected chi connectivity index (χ3v) is 8.33. The van der Waals surface area contributed by atoms with Crippen molar-refractivity contribution in [2.75, 3.05) is 13.1 Å². The Kier molecular flexibility index (Phi) is 5.93. The van der Waals surface area contributed by atoms with Crippen molar-refractivity contribution in [3.63, 3.8) is 0 Å². The Morgan fingerprint density at radius 2 is 1.76 bits per heavy atom. The second-order valence-electron chi connectivity index (χ2n) is 9.14. The van der Waals surface area contributed by atoms with Crippen LogP contribution in [0.1, 0.15) is 52.9 Å². The van der Waals surface area contributed by atoms with Crippen LogP contribution >= 0.6 is 0 Å². The van der Waals surface area contributed by atoms with Crippen molar-refractivity contribution in [3.05, 3.63) is 70.9 Å². The van der Waals surface area contributed by atoms with Crippen LogP contribution in [0.15, 0.2) is 53.4 Å². The average molecular weight is 464 g/mol. The fourth-order valence-corrected chi connectivity index (χ4v) is 6.35. The number of hydrogen-bond acceptors (Lipinski definition) is 4. The molecule has 1 aliphatic heterocycles. The van der Waals surface area contributed by atoms with Crippen LogP contribution in [0.2, 0.25) is 0 Å². The van der Waals surface area contributed by atoms with E-state index in [9.17, 15) is 13.2 Å². The Bertz CT molecular complexity index is 1300. The molecule has 0 radical (unpaired) electrons. The maximum Gasteiger partial charge on any atom is 0.254 e. The molecule has 2 aliphatic rings. The number of rotatable bonds is 4. The lowest BCUT2D eigenvalue weighted by atomic mass is 9.88. The van der Waals surface area contributed by atoms with E-state index < -0.39 is 10.0 Å². The zero-order valence-corrected chi connectivity index (χ0v) is 19.7. The van der Waals surface area contributed by atoms with Crippen molar-refractivity contribution in [2.45, 2.75) is 56.4 Å². The minimum absolute atomic E-state index is 0.0514. The Morgan fingerprint density at radius 3 is 2.52 bits per heavy atom. The zero-order valence-electron chi connectivity index (χ0n) is 18.9. The Morgan fingerprint density at radius 1 is 1.03 bits per heavy atom. The van der Waals surface area contributed by atoms with Gasteiger partial charge in [-0.05, 0) is 75.3 Å². The predicted octanol–water partition coefficient (Wildman–Crippen LogP) is 4.01. The highest BCUT2D eigenvalue weighted by Crippen LogP contribution is 2.31. The molecule has 1 aromatic heterocycles. The molecule has 5 rings (SSSR count). The molecule has 1 N–H and O–H groups in total. The lowest BCUT2D eigenvalue weighted by molar-refractivity contribution is 0.0712. The normalized spacial score (nSPS) is 17.2. The molecule has 0 bridgehead atoms. The van der Waals surface area contributed by atoms with E-state index in [1.54, 1.807) is 30.3 Å². The minimum atomic E-state index is -3.56. The summed E-state index contributed by atoms with van der Waals surface area (Å²) in [5.41, 5.74) is 4.97. The molecule has 1 saturated heterocycles. The van der Waals surface area contributed by atoms with Gasteiger partial charge in [0.25, 0.3) is 5.91 Å². The second-order valence-corrected chi connectivity index (χ2v) is 10.9. The standard InChI is InChI=1S/C26H29N3O3S/c1-18-11-12-24-22(17-18)25(21-9-5-6-10-23(21)27-24)26(30)29-15-13-19(14-16-29)28-33(31,32)20-7-3-2-4-8-20/h2-4,7-8,11-12,17,19,28H,5-6,9-10,13-16H2,1H3. The molecule has 1 amide bonds. The number of aromatic nitrogens is 1. The highest BCUT2D eigenvalue weighted by Gasteiger charge is 2.30. The number of pyridine rings is 1. The van der Waals surface area contributed by atoms with Crippen LogP contribution in [-0.2, 0) is 22.9 Å². The van der Waals surface area contributed by atoms with Gasteiger partial charge in [0.2, 0.25) is 10.0 Å². The molecule has 7 heteroatoms.